The summed E-state index contributed by atoms with van der Waals surface area (Å²) >= 11 is 2.13. The highest BCUT2D eigenvalue weighted by Crippen LogP contribution is 2.28. The summed E-state index contributed by atoms with van der Waals surface area (Å²) < 4.78 is 11.5. The van der Waals surface area contributed by atoms with Gasteiger partial charge < -0.3 is 9.47 Å². The van der Waals surface area contributed by atoms with Gasteiger partial charge in [-0.25, -0.2) is 4.79 Å². The minimum Gasteiger partial charge on any atom is -0.496 e. The maximum Gasteiger partial charge on any atom is 0.343 e. The molecular weight excluding hydrogens is 403 g/mol. The first-order valence-electron chi connectivity index (χ1n) is 7.53. The minimum absolute atomic E-state index is 0.120. The first-order valence-corrected chi connectivity index (χ1v) is 8.61. The molecule has 3 nitrogen and oxygen atoms in total. The van der Waals surface area contributed by atoms with Crippen LogP contribution in [-0.2, 0) is 5.41 Å². The summed E-state index contributed by atoms with van der Waals surface area (Å²) in [7, 11) is 1.61. The Hall–Kier alpha value is -1.56. The van der Waals surface area contributed by atoms with Gasteiger partial charge in [0.05, 0.1) is 16.2 Å². The fourth-order valence-electron chi connectivity index (χ4n) is 2.14. The van der Waals surface area contributed by atoms with Crippen LogP contribution >= 0.6 is 22.6 Å². The SMILES string of the molecule is CCC(C)(C)c1ccc(OC(=O)c2ccc(OC)c(I)c2)cc1. The molecule has 23 heavy (non-hydrogen) atoms. The minimum atomic E-state index is -0.368. The van der Waals surface area contributed by atoms with Crippen LogP contribution in [0.2, 0.25) is 0 Å². The van der Waals surface area contributed by atoms with Crippen LogP contribution in [0.25, 0.3) is 0 Å². The van der Waals surface area contributed by atoms with Gasteiger partial charge in [0.1, 0.15) is 11.5 Å². The van der Waals surface area contributed by atoms with Crippen molar-refractivity contribution in [2.24, 2.45) is 0 Å². The van der Waals surface area contributed by atoms with Crippen LogP contribution in [0.4, 0.5) is 0 Å². The molecule has 4 heteroatoms. The lowest BCUT2D eigenvalue weighted by atomic mass is 9.82. The van der Waals surface area contributed by atoms with Crippen molar-refractivity contribution in [3.8, 4) is 11.5 Å². The number of carbonyl (C=O) groups is 1. The van der Waals surface area contributed by atoms with E-state index in [4.69, 9.17) is 9.47 Å². The number of carbonyl (C=O) groups excluding carboxylic acids is 1. The summed E-state index contributed by atoms with van der Waals surface area (Å²) in [6.07, 6.45) is 1.05. The Morgan fingerprint density at radius 3 is 2.30 bits per heavy atom. The molecule has 0 aromatic heterocycles. The maximum atomic E-state index is 12.2. The second-order valence-corrected chi connectivity index (χ2v) is 7.16. The fraction of sp³-hybridized carbons (Fsp3) is 0.316. The third-order valence-corrected chi connectivity index (χ3v) is 4.96. The molecule has 122 valence electrons. The van der Waals surface area contributed by atoms with Crippen molar-refractivity contribution in [1.29, 1.82) is 0 Å². The van der Waals surface area contributed by atoms with Crippen molar-refractivity contribution in [2.75, 3.05) is 7.11 Å². The van der Waals surface area contributed by atoms with Crippen LogP contribution in [0.5, 0.6) is 11.5 Å². The summed E-state index contributed by atoms with van der Waals surface area (Å²) in [4.78, 5) is 12.2. The molecule has 0 spiro atoms. The predicted molar refractivity (Wildman–Crippen MR) is 100 cm³/mol. The molecule has 0 saturated carbocycles. The third kappa shape index (κ3) is 4.25. The topological polar surface area (TPSA) is 35.5 Å². The quantitative estimate of drug-likeness (QED) is 0.376. The summed E-state index contributed by atoms with van der Waals surface area (Å²) in [6.45, 7) is 6.57. The Balaban J connectivity index is 2.13. The van der Waals surface area contributed by atoms with Crippen LogP contribution in [0.15, 0.2) is 42.5 Å². The average molecular weight is 424 g/mol. The fourth-order valence-corrected chi connectivity index (χ4v) is 2.87. The number of benzene rings is 2. The normalized spacial score (nSPS) is 11.2. The van der Waals surface area contributed by atoms with Crippen LogP contribution in [-0.4, -0.2) is 13.1 Å². The molecule has 2 rings (SSSR count). The van der Waals surface area contributed by atoms with Crippen LogP contribution < -0.4 is 9.47 Å². The molecule has 0 aliphatic rings. The molecule has 2 aromatic rings. The number of ether oxygens (including phenoxy) is 2. The molecule has 0 amide bonds. The number of esters is 1. The molecule has 2 aromatic carbocycles. The Morgan fingerprint density at radius 1 is 1.13 bits per heavy atom. The predicted octanol–water partition coefficient (Wildman–Crippen LogP) is 5.21. The van der Waals surface area contributed by atoms with Crippen molar-refractivity contribution < 1.29 is 14.3 Å². The zero-order valence-corrected chi connectivity index (χ0v) is 16.0. The second kappa shape index (κ2) is 7.34. The van der Waals surface area contributed by atoms with Crippen molar-refractivity contribution >= 4 is 28.6 Å². The largest absolute Gasteiger partial charge is 0.496 e. The Morgan fingerprint density at radius 2 is 1.78 bits per heavy atom. The van der Waals surface area contributed by atoms with E-state index in [2.05, 4.69) is 43.4 Å². The van der Waals surface area contributed by atoms with E-state index in [-0.39, 0.29) is 11.4 Å². The second-order valence-electron chi connectivity index (χ2n) is 6.00. The standard InChI is InChI=1S/C19H21IO3/c1-5-19(2,3)14-7-9-15(10-8-14)23-18(21)13-6-11-17(22-4)16(20)12-13/h6-12H,5H2,1-4H3. The Bertz CT molecular complexity index is 690. The third-order valence-electron chi connectivity index (χ3n) is 4.12. The molecule has 0 aliphatic heterocycles. The molecule has 0 atom stereocenters. The Kier molecular flexibility index (Phi) is 5.68. The highest BCUT2D eigenvalue weighted by molar-refractivity contribution is 14.1. The molecule has 0 heterocycles. The van der Waals surface area contributed by atoms with Crippen molar-refractivity contribution in [2.45, 2.75) is 32.6 Å². The first kappa shape index (κ1) is 17.8. The van der Waals surface area contributed by atoms with E-state index >= 15 is 0 Å². The van der Waals surface area contributed by atoms with E-state index in [1.807, 2.05) is 24.3 Å². The number of rotatable bonds is 5. The van der Waals surface area contributed by atoms with Gasteiger partial charge in [0.15, 0.2) is 0 Å². The zero-order valence-electron chi connectivity index (χ0n) is 13.9. The van der Waals surface area contributed by atoms with Gasteiger partial charge in [0, 0.05) is 0 Å². The molecule has 0 saturated heterocycles. The molecular formula is C19H21IO3. The van der Waals surface area contributed by atoms with E-state index in [1.165, 1.54) is 5.56 Å². The first-order chi connectivity index (χ1) is 10.9. The van der Waals surface area contributed by atoms with Crippen molar-refractivity contribution in [3.05, 3.63) is 57.2 Å². The van der Waals surface area contributed by atoms with Crippen LogP contribution in [0.1, 0.15) is 43.1 Å². The van der Waals surface area contributed by atoms with Gasteiger partial charge in [-0.3, -0.25) is 0 Å². The lowest BCUT2D eigenvalue weighted by molar-refractivity contribution is 0.0734. The number of methoxy groups -OCH3 is 1. The zero-order chi connectivity index (χ0) is 17.0. The van der Waals surface area contributed by atoms with Crippen LogP contribution in [0.3, 0.4) is 0 Å². The highest BCUT2D eigenvalue weighted by atomic mass is 127. The molecule has 0 bridgehead atoms. The molecule has 0 radical (unpaired) electrons. The number of hydrogen-bond donors (Lipinski definition) is 0. The van der Waals surface area contributed by atoms with E-state index < -0.39 is 0 Å². The van der Waals surface area contributed by atoms with E-state index in [0.717, 1.165) is 15.7 Å². The maximum absolute atomic E-state index is 12.2. The van der Waals surface area contributed by atoms with E-state index in [9.17, 15) is 4.79 Å². The lowest BCUT2D eigenvalue weighted by Crippen LogP contribution is -2.15. The summed E-state index contributed by atoms with van der Waals surface area (Å²) in [5, 5.41) is 0. The number of halogens is 1. The smallest absolute Gasteiger partial charge is 0.343 e. The molecule has 0 N–H and O–H groups in total. The van der Waals surface area contributed by atoms with Gasteiger partial charge in [0.2, 0.25) is 0 Å². The van der Waals surface area contributed by atoms with Gasteiger partial charge in [-0.05, 0) is 70.3 Å². The van der Waals surface area contributed by atoms with E-state index in [1.54, 1.807) is 25.3 Å². The summed E-state index contributed by atoms with van der Waals surface area (Å²) in [6, 6.07) is 13.0. The molecule has 0 unspecified atom stereocenters. The average Bonchev–Trinajstić information content (AvgIpc) is 2.55. The monoisotopic (exact) mass is 424 g/mol. The van der Waals surface area contributed by atoms with Crippen molar-refractivity contribution in [1.82, 2.24) is 0 Å². The highest BCUT2D eigenvalue weighted by Gasteiger charge is 2.18. The lowest BCUT2D eigenvalue weighted by Gasteiger charge is -2.23. The summed E-state index contributed by atoms with van der Waals surface area (Å²) in [5.74, 6) is 0.929. The van der Waals surface area contributed by atoms with Crippen molar-refractivity contribution in [3.63, 3.8) is 0 Å². The summed E-state index contributed by atoms with van der Waals surface area (Å²) in [5.41, 5.74) is 1.86. The van der Waals surface area contributed by atoms with Gasteiger partial charge in [0.25, 0.3) is 0 Å². The van der Waals surface area contributed by atoms with E-state index in [0.29, 0.717) is 11.3 Å². The number of hydrogen-bond acceptors (Lipinski definition) is 3. The van der Waals surface area contributed by atoms with Crippen LogP contribution in [0, 0.1) is 3.57 Å². The van der Waals surface area contributed by atoms with Gasteiger partial charge >= 0.3 is 5.97 Å². The molecule has 0 aliphatic carbocycles. The molecule has 0 fully saturated rings. The van der Waals surface area contributed by atoms with Gasteiger partial charge in [-0.1, -0.05) is 32.9 Å². The Labute approximate surface area is 151 Å². The van der Waals surface area contributed by atoms with Gasteiger partial charge in [-0.15, -0.1) is 0 Å². The van der Waals surface area contributed by atoms with Gasteiger partial charge in [-0.2, -0.15) is 0 Å².